The molecule has 9 heteroatoms. The summed E-state index contributed by atoms with van der Waals surface area (Å²) in [5.74, 6) is 0.910. The third kappa shape index (κ3) is 5.54. The van der Waals surface area contributed by atoms with Gasteiger partial charge >= 0.3 is 0 Å². The van der Waals surface area contributed by atoms with E-state index in [9.17, 15) is 0 Å². The smallest absolute Gasteiger partial charge is 0.204 e. The number of anilines is 2. The highest BCUT2D eigenvalue weighted by molar-refractivity contribution is 7.19. The maximum absolute atomic E-state index is 8.58. The molecule has 0 saturated carbocycles. The Bertz CT molecular complexity index is 830. The monoisotopic (exact) mass is 435 g/mol. The number of nitrogens with zero attached hydrogens (tertiary/aromatic N) is 2. The molecule has 4 rings (SSSR count). The van der Waals surface area contributed by atoms with Crippen LogP contribution in [-0.4, -0.2) is 69.9 Å². The molecule has 0 radical (unpaired) electrons. The van der Waals surface area contributed by atoms with Gasteiger partial charge in [0.15, 0.2) is 0 Å². The standard InChI is InChI=1S/C20H30N4O2S.CH3NO/c1-14-20(22)19-17(26-11-8-23-6-9-25-10-7-23)12-16(13-18(19)27-14)24-4-2-15(21)3-5-24;2-1-3/h12-13,15H,2-11,21-22H2,1H3;1H,(H2,2,3). The molecule has 1 aromatic carbocycles. The number of nitrogens with two attached hydrogens (primary N) is 3. The second kappa shape index (κ2) is 10.8. The fourth-order valence-corrected chi connectivity index (χ4v) is 4.92. The Labute approximate surface area is 181 Å². The van der Waals surface area contributed by atoms with Crippen LogP contribution in [0.2, 0.25) is 0 Å². The highest BCUT2D eigenvalue weighted by Crippen LogP contribution is 2.42. The largest absolute Gasteiger partial charge is 0.491 e. The number of carbonyl (C=O) groups excluding carboxylic acids is 1. The van der Waals surface area contributed by atoms with Gasteiger partial charge in [0.2, 0.25) is 6.41 Å². The molecule has 30 heavy (non-hydrogen) atoms. The molecule has 0 unspecified atom stereocenters. The van der Waals surface area contributed by atoms with Crippen molar-refractivity contribution < 1.29 is 14.3 Å². The molecule has 6 N–H and O–H groups in total. The lowest BCUT2D eigenvalue weighted by molar-refractivity contribution is -0.106. The number of amides is 1. The van der Waals surface area contributed by atoms with Gasteiger partial charge in [-0.2, -0.15) is 0 Å². The van der Waals surface area contributed by atoms with Crippen molar-refractivity contribution in [2.24, 2.45) is 11.5 Å². The Kier molecular flexibility index (Phi) is 8.15. The van der Waals surface area contributed by atoms with Gasteiger partial charge in [0, 0.05) is 60.1 Å². The van der Waals surface area contributed by atoms with E-state index < -0.39 is 0 Å². The van der Waals surface area contributed by atoms with Crippen molar-refractivity contribution >= 4 is 39.2 Å². The number of hydrogen-bond acceptors (Lipinski definition) is 8. The number of thiophene rings is 1. The van der Waals surface area contributed by atoms with Crippen LogP contribution in [0, 0.1) is 6.92 Å². The van der Waals surface area contributed by atoms with E-state index in [0.29, 0.717) is 12.6 Å². The van der Waals surface area contributed by atoms with Crippen molar-refractivity contribution in [1.82, 2.24) is 4.90 Å². The minimum absolute atomic E-state index is 0.250. The molecule has 2 aromatic rings. The zero-order valence-corrected chi connectivity index (χ0v) is 18.5. The van der Waals surface area contributed by atoms with Crippen LogP contribution in [0.3, 0.4) is 0 Å². The summed E-state index contributed by atoms with van der Waals surface area (Å²) in [6, 6.07) is 4.75. The molecule has 2 aliphatic heterocycles. The average Bonchev–Trinajstić information content (AvgIpc) is 3.03. The number of hydrogen-bond donors (Lipinski definition) is 3. The number of nitrogen functional groups attached to an aromatic ring is 1. The second-order valence-corrected chi connectivity index (χ2v) is 8.91. The zero-order valence-electron chi connectivity index (χ0n) is 17.6. The molecule has 1 aromatic heterocycles. The van der Waals surface area contributed by atoms with Gasteiger partial charge < -0.3 is 31.6 Å². The molecule has 166 valence electrons. The molecule has 2 aliphatic rings. The molecule has 2 fully saturated rings. The molecule has 0 atom stereocenters. The van der Waals surface area contributed by atoms with Crippen molar-refractivity contribution in [3.8, 4) is 5.75 Å². The highest BCUT2D eigenvalue weighted by atomic mass is 32.1. The first-order valence-electron chi connectivity index (χ1n) is 10.4. The van der Waals surface area contributed by atoms with Crippen molar-refractivity contribution in [3.63, 3.8) is 0 Å². The topological polar surface area (TPSA) is 120 Å². The van der Waals surface area contributed by atoms with Gasteiger partial charge in [-0.25, -0.2) is 0 Å². The van der Waals surface area contributed by atoms with Crippen LogP contribution < -0.4 is 26.8 Å². The fraction of sp³-hybridized carbons (Fsp3) is 0.571. The SMILES string of the molecule is Cc1sc2cc(N3CCC(N)CC3)cc(OCCN3CCOCC3)c2c1N.NC=O. The van der Waals surface area contributed by atoms with Crippen LogP contribution >= 0.6 is 11.3 Å². The van der Waals surface area contributed by atoms with Gasteiger partial charge in [-0.1, -0.05) is 0 Å². The number of benzene rings is 1. The number of ether oxygens (including phenoxy) is 2. The maximum atomic E-state index is 8.58. The summed E-state index contributed by atoms with van der Waals surface area (Å²) in [7, 11) is 0. The summed E-state index contributed by atoms with van der Waals surface area (Å²) >= 11 is 1.75. The number of aryl methyl sites for hydroxylation is 1. The summed E-state index contributed by atoms with van der Waals surface area (Å²) < 4.78 is 12.9. The Morgan fingerprint density at radius 1 is 1.23 bits per heavy atom. The van der Waals surface area contributed by atoms with Crippen LogP contribution in [0.25, 0.3) is 10.1 Å². The first-order valence-corrected chi connectivity index (χ1v) is 11.3. The first-order chi connectivity index (χ1) is 14.5. The second-order valence-electron chi connectivity index (χ2n) is 7.65. The lowest BCUT2D eigenvalue weighted by Crippen LogP contribution is -2.39. The lowest BCUT2D eigenvalue weighted by atomic mass is 10.0. The zero-order chi connectivity index (χ0) is 21.5. The van der Waals surface area contributed by atoms with Crippen LogP contribution in [0.15, 0.2) is 12.1 Å². The van der Waals surface area contributed by atoms with Gasteiger partial charge in [0.05, 0.1) is 24.3 Å². The van der Waals surface area contributed by atoms with Crippen LogP contribution in [0.1, 0.15) is 17.7 Å². The Hall–Kier alpha value is -2.07. The molecule has 1 amide bonds. The third-order valence-corrected chi connectivity index (χ3v) is 6.70. The molecule has 0 bridgehead atoms. The molecular formula is C21H33N5O3S. The molecule has 0 spiro atoms. The number of fused-ring (bicyclic) bond motifs is 1. The van der Waals surface area contributed by atoms with Gasteiger partial charge in [-0.05, 0) is 25.8 Å². The van der Waals surface area contributed by atoms with E-state index in [1.54, 1.807) is 11.3 Å². The number of rotatable bonds is 5. The summed E-state index contributed by atoms with van der Waals surface area (Å²) in [6.45, 7) is 9.24. The molecule has 3 heterocycles. The van der Waals surface area contributed by atoms with E-state index in [1.165, 1.54) is 10.4 Å². The van der Waals surface area contributed by atoms with Gasteiger partial charge in [0.1, 0.15) is 12.4 Å². The predicted molar refractivity (Wildman–Crippen MR) is 123 cm³/mol. The molecule has 8 nitrogen and oxygen atoms in total. The highest BCUT2D eigenvalue weighted by Gasteiger charge is 2.20. The molecule has 2 saturated heterocycles. The number of morpholine rings is 1. The maximum Gasteiger partial charge on any atom is 0.204 e. The van der Waals surface area contributed by atoms with Crippen molar-refractivity contribution in [3.05, 3.63) is 17.0 Å². The van der Waals surface area contributed by atoms with Crippen LogP contribution in [0.4, 0.5) is 11.4 Å². The minimum atomic E-state index is 0.250. The number of piperidine rings is 1. The number of primary amides is 1. The van der Waals surface area contributed by atoms with E-state index in [-0.39, 0.29) is 6.41 Å². The van der Waals surface area contributed by atoms with Crippen LogP contribution in [0.5, 0.6) is 5.75 Å². The van der Waals surface area contributed by atoms with Gasteiger partial charge in [-0.3, -0.25) is 9.69 Å². The van der Waals surface area contributed by atoms with E-state index in [0.717, 1.165) is 80.5 Å². The predicted octanol–water partition coefficient (Wildman–Crippen LogP) is 1.53. The first kappa shape index (κ1) is 22.6. The van der Waals surface area contributed by atoms with Gasteiger partial charge in [0.25, 0.3) is 0 Å². The number of carbonyl (C=O) groups is 1. The Balaban J connectivity index is 0.000000806. The van der Waals surface area contributed by atoms with E-state index in [1.807, 2.05) is 0 Å². The quantitative estimate of drug-likeness (QED) is 0.609. The summed E-state index contributed by atoms with van der Waals surface area (Å²) in [5, 5.41) is 1.07. The van der Waals surface area contributed by atoms with Gasteiger partial charge in [-0.15, -0.1) is 11.3 Å². The normalized spacial score (nSPS) is 18.1. The minimum Gasteiger partial charge on any atom is -0.491 e. The lowest BCUT2D eigenvalue weighted by Gasteiger charge is -2.32. The van der Waals surface area contributed by atoms with Crippen molar-refractivity contribution in [2.75, 3.05) is 63.2 Å². The van der Waals surface area contributed by atoms with E-state index in [4.69, 9.17) is 25.7 Å². The van der Waals surface area contributed by atoms with E-state index >= 15 is 0 Å². The van der Waals surface area contributed by atoms with Crippen molar-refractivity contribution in [1.29, 1.82) is 0 Å². The molecular weight excluding hydrogens is 402 g/mol. The Morgan fingerprint density at radius 3 is 2.57 bits per heavy atom. The van der Waals surface area contributed by atoms with E-state index in [2.05, 4.69) is 34.6 Å². The Morgan fingerprint density at radius 2 is 1.90 bits per heavy atom. The summed E-state index contributed by atoms with van der Waals surface area (Å²) in [5.41, 5.74) is 18.7. The van der Waals surface area contributed by atoms with Crippen LogP contribution in [-0.2, 0) is 9.53 Å². The summed E-state index contributed by atoms with van der Waals surface area (Å²) in [4.78, 5) is 14.5. The average molecular weight is 436 g/mol. The fourth-order valence-electron chi connectivity index (χ4n) is 3.88. The molecule has 0 aliphatic carbocycles. The third-order valence-electron chi connectivity index (χ3n) is 5.64. The summed E-state index contributed by atoms with van der Waals surface area (Å²) in [6.07, 6.45) is 2.33. The van der Waals surface area contributed by atoms with Crippen molar-refractivity contribution in [2.45, 2.75) is 25.8 Å².